The van der Waals surface area contributed by atoms with E-state index in [4.69, 9.17) is 0 Å². The zero-order valence-corrected chi connectivity index (χ0v) is 15.3. The maximum absolute atomic E-state index is 12.5. The molecule has 1 saturated heterocycles. The van der Waals surface area contributed by atoms with Gasteiger partial charge in [-0.3, -0.25) is 14.7 Å². The molecule has 136 valence electrons. The van der Waals surface area contributed by atoms with Gasteiger partial charge in [-0.25, -0.2) is 0 Å². The first-order valence-electron chi connectivity index (χ1n) is 9.65. The molecule has 2 N–H and O–H groups in total. The lowest BCUT2D eigenvalue weighted by atomic mass is 10.1. The Morgan fingerprint density at radius 3 is 2.42 bits per heavy atom. The van der Waals surface area contributed by atoms with Gasteiger partial charge in [-0.05, 0) is 25.2 Å². The summed E-state index contributed by atoms with van der Waals surface area (Å²) in [6, 6.07) is 0.598. The Morgan fingerprint density at radius 2 is 1.83 bits per heavy atom. The largest absolute Gasteiger partial charge is 0.355 e. The molecule has 1 heterocycles. The summed E-state index contributed by atoms with van der Waals surface area (Å²) in [6.07, 6.45) is 5.93. The second-order valence-electron chi connectivity index (χ2n) is 7.61. The number of amides is 1. The number of piperazine rings is 1. The lowest BCUT2D eigenvalue weighted by Crippen LogP contribution is -2.52. The lowest BCUT2D eigenvalue weighted by molar-refractivity contribution is -0.137. The highest BCUT2D eigenvalue weighted by Gasteiger charge is 2.33. The summed E-state index contributed by atoms with van der Waals surface area (Å²) in [7, 11) is 1.83. The Bertz CT molecular complexity index is 452. The SMILES string of the molecule is CN=C(NCCN1CCN(C(=O)C2CCCC2)CC1)NC1CC1C. The number of nitrogens with one attached hydrogen (secondary N) is 2. The van der Waals surface area contributed by atoms with Crippen molar-refractivity contribution in [3.05, 3.63) is 0 Å². The summed E-state index contributed by atoms with van der Waals surface area (Å²) in [5.41, 5.74) is 0. The van der Waals surface area contributed by atoms with Crippen molar-refractivity contribution in [3.8, 4) is 0 Å². The van der Waals surface area contributed by atoms with Crippen molar-refractivity contribution in [3.63, 3.8) is 0 Å². The van der Waals surface area contributed by atoms with Gasteiger partial charge in [-0.15, -0.1) is 0 Å². The molecular formula is C18H33N5O. The average Bonchev–Trinajstić information content (AvgIpc) is 3.06. The fourth-order valence-corrected chi connectivity index (χ4v) is 3.85. The van der Waals surface area contributed by atoms with E-state index in [1.165, 1.54) is 19.3 Å². The van der Waals surface area contributed by atoms with Crippen molar-refractivity contribution in [2.75, 3.05) is 46.3 Å². The molecule has 6 nitrogen and oxygen atoms in total. The van der Waals surface area contributed by atoms with E-state index in [0.717, 1.165) is 64.0 Å². The zero-order valence-electron chi connectivity index (χ0n) is 15.3. The van der Waals surface area contributed by atoms with E-state index in [9.17, 15) is 4.79 Å². The minimum Gasteiger partial charge on any atom is -0.355 e. The van der Waals surface area contributed by atoms with Crippen LogP contribution in [0.15, 0.2) is 4.99 Å². The molecule has 2 aliphatic carbocycles. The molecule has 0 aromatic rings. The topological polar surface area (TPSA) is 60.0 Å². The van der Waals surface area contributed by atoms with Gasteiger partial charge in [0, 0.05) is 58.3 Å². The number of hydrogen-bond donors (Lipinski definition) is 2. The normalized spacial score (nSPS) is 28.9. The Morgan fingerprint density at radius 1 is 1.17 bits per heavy atom. The van der Waals surface area contributed by atoms with E-state index < -0.39 is 0 Å². The fourth-order valence-electron chi connectivity index (χ4n) is 3.85. The highest BCUT2D eigenvalue weighted by Crippen LogP contribution is 2.28. The highest BCUT2D eigenvalue weighted by molar-refractivity contribution is 5.80. The molecule has 0 radical (unpaired) electrons. The number of carbonyl (C=O) groups is 1. The summed E-state index contributed by atoms with van der Waals surface area (Å²) in [5, 5.41) is 6.85. The van der Waals surface area contributed by atoms with Gasteiger partial charge in [0.05, 0.1) is 0 Å². The molecule has 3 rings (SSSR count). The van der Waals surface area contributed by atoms with Crippen molar-refractivity contribution in [1.82, 2.24) is 20.4 Å². The van der Waals surface area contributed by atoms with Gasteiger partial charge < -0.3 is 15.5 Å². The predicted molar refractivity (Wildman–Crippen MR) is 97.0 cm³/mol. The number of guanidine groups is 1. The molecule has 1 aliphatic heterocycles. The zero-order chi connectivity index (χ0) is 16.9. The van der Waals surface area contributed by atoms with E-state index in [2.05, 4.69) is 32.3 Å². The van der Waals surface area contributed by atoms with Gasteiger partial charge in [0.1, 0.15) is 0 Å². The first-order chi connectivity index (χ1) is 11.7. The minimum atomic E-state index is 0.317. The number of nitrogens with zero attached hydrogens (tertiary/aromatic N) is 3. The summed E-state index contributed by atoms with van der Waals surface area (Å²) in [5.74, 6) is 2.42. The fraction of sp³-hybridized carbons (Fsp3) is 0.889. The Hall–Kier alpha value is -1.30. The summed E-state index contributed by atoms with van der Waals surface area (Å²) in [4.78, 5) is 21.3. The Kier molecular flexibility index (Phi) is 5.98. The van der Waals surface area contributed by atoms with Crippen LogP contribution in [0.25, 0.3) is 0 Å². The molecule has 24 heavy (non-hydrogen) atoms. The van der Waals surface area contributed by atoms with Crippen LogP contribution in [0.5, 0.6) is 0 Å². The Balaban J connectivity index is 1.31. The first kappa shape index (κ1) is 17.5. The van der Waals surface area contributed by atoms with Crippen molar-refractivity contribution in [1.29, 1.82) is 0 Å². The first-order valence-corrected chi connectivity index (χ1v) is 9.65. The minimum absolute atomic E-state index is 0.317. The van der Waals surface area contributed by atoms with Crippen LogP contribution >= 0.6 is 0 Å². The van der Waals surface area contributed by atoms with Crippen molar-refractivity contribution >= 4 is 11.9 Å². The number of carbonyl (C=O) groups excluding carboxylic acids is 1. The molecular weight excluding hydrogens is 302 g/mol. The van der Waals surface area contributed by atoms with Crippen LogP contribution < -0.4 is 10.6 Å². The standard InChI is InChI=1S/C18H33N5O/c1-14-13-16(14)21-18(19-2)20-7-8-22-9-11-23(12-10-22)17(24)15-5-3-4-6-15/h14-16H,3-13H2,1-2H3,(H2,19,20,21). The molecule has 0 spiro atoms. The van der Waals surface area contributed by atoms with Crippen LogP contribution in [0.1, 0.15) is 39.0 Å². The third-order valence-corrected chi connectivity index (χ3v) is 5.76. The van der Waals surface area contributed by atoms with Gasteiger partial charge in [0.2, 0.25) is 5.91 Å². The van der Waals surface area contributed by atoms with Crippen molar-refractivity contribution in [2.24, 2.45) is 16.8 Å². The van der Waals surface area contributed by atoms with Crippen LogP contribution in [0.2, 0.25) is 0 Å². The van der Waals surface area contributed by atoms with Gasteiger partial charge in [-0.1, -0.05) is 19.8 Å². The van der Waals surface area contributed by atoms with Gasteiger partial charge in [0.25, 0.3) is 0 Å². The molecule has 0 aromatic heterocycles. The van der Waals surface area contributed by atoms with Crippen LogP contribution in [0, 0.1) is 11.8 Å². The predicted octanol–water partition coefficient (Wildman–Crippen LogP) is 0.894. The maximum Gasteiger partial charge on any atom is 0.225 e. The molecule has 3 aliphatic rings. The van der Waals surface area contributed by atoms with Crippen LogP contribution in [0.3, 0.4) is 0 Å². The molecule has 2 unspecified atom stereocenters. The number of rotatable bonds is 5. The summed E-state index contributed by atoms with van der Waals surface area (Å²) in [6.45, 7) is 7.93. The number of aliphatic imine (C=N–C) groups is 1. The van der Waals surface area contributed by atoms with E-state index in [1.54, 1.807) is 0 Å². The monoisotopic (exact) mass is 335 g/mol. The smallest absolute Gasteiger partial charge is 0.225 e. The lowest BCUT2D eigenvalue weighted by Gasteiger charge is -2.36. The van der Waals surface area contributed by atoms with Crippen molar-refractivity contribution < 1.29 is 4.79 Å². The molecule has 0 aromatic carbocycles. The molecule has 2 saturated carbocycles. The van der Waals surface area contributed by atoms with E-state index in [0.29, 0.717) is 17.9 Å². The summed E-state index contributed by atoms with van der Waals surface area (Å²) >= 11 is 0. The van der Waals surface area contributed by atoms with E-state index in [-0.39, 0.29) is 0 Å². The molecule has 0 bridgehead atoms. The van der Waals surface area contributed by atoms with Crippen LogP contribution in [0.4, 0.5) is 0 Å². The van der Waals surface area contributed by atoms with Crippen LogP contribution in [-0.4, -0.2) is 74.0 Å². The second kappa shape index (κ2) is 8.19. The van der Waals surface area contributed by atoms with E-state index in [1.807, 2.05) is 7.05 Å². The van der Waals surface area contributed by atoms with E-state index >= 15 is 0 Å². The number of hydrogen-bond acceptors (Lipinski definition) is 3. The maximum atomic E-state index is 12.5. The molecule has 1 amide bonds. The van der Waals surface area contributed by atoms with Gasteiger partial charge in [0.15, 0.2) is 5.96 Å². The molecule has 2 atom stereocenters. The molecule has 3 fully saturated rings. The van der Waals surface area contributed by atoms with Crippen molar-refractivity contribution in [2.45, 2.75) is 45.1 Å². The third kappa shape index (κ3) is 4.62. The molecule has 6 heteroatoms. The van der Waals surface area contributed by atoms with Crippen LogP contribution in [-0.2, 0) is 4.79 Å². The second-order valence-corrected chi connectivity index (χ2v) is 7.61. The summed E-state index contributed by atoms with van der Waals surface area (Å²) < 4.78 is 0. The van der Waals surface area contributed by atoms with Gasteiger partial charge in [-0.2, -0.15) is 0 Å². The highest BCUT2D eigenvalue weighted by atomic mass is 16.2. The third-order valence-electron chi connectivity index (χ3n) is 5.76. The quantitative estimate of drug-likeness (QED) is 0.579. The Labute approximate surface area is 146 Å². The average molecular weight is 335 g/mol. The van der Waals surface area contributed by atoms with Gasteiger partial charge >= 0.3 is 0 Å².